The molecule has 0 spiro atoms. The van der Waals surface area contributed by atoms with Crippen LogP contribution < -0.4 is 15.3 Å². The number of nitrogens with two attached hydrogens (primary N) is 1. The molecule has 1 saturated heterocycles. The fourth-order valence-corrected chi connectivity index (χ4v) is 6.93. The smallest absolute Gasteiger partial charge is 0.459 e. The van der Waals surface area contributed by atoms with Crippen molar-refractivity contribution >= 4 is 31.0 Å². The van der Waals surface area contributed by atoms with Gasteiger partial charge in [-0.1, -0.05) is 18.2 Å². The maximum absolute atomic E-state index is 14.3. The number of aromatic nitrogens is 3. The number of fused-ring (bicyclic) bond motifs is 1. The summed E-state index contributed by atoms with van der Waals surface area (Å²) in [7, 11) is -4.58. The van der Waals surface area contributed by atoms with E-state index in [-0.39, 0.29) is 29.5 Å². The molecule has 3 aliphatic rings. The number of nitrogen functional groups attached to an aromatic ring is 1. The van der Waals surface area contributed by atoms with Crippen molar-refractivity contribution in [2.75, 3.05) is 12.3 Å². The number of rotatable bonds is 13. The SMILES string of the molecule is N#C[C@@]1(c2ccc3c(N)ncnn23)O[C@H](CO[P@@](=O)(N[C@@H](CC(=O)OC2CCC2)C(=O)OC2CCC2)Oc2ccccc2)[C@@H](O)[C@H]1O. The van der Waals surface area contributed by atoms with E-state index in [2.05, 4.69) is 15.2 Å². The number of para-hydroxylation sites is 1. The molecule has 0 unspecified atom stereocenters. The Kier molecular flexibility index (Phi) is 9.47. The van der Waals surface area contributed by atoms with Gasteiger partial charge in [-0.2, -0.15) is 15.4 Å². The molecule has 2 aromatic heterocycles. The molecule has 6 rings (SSSR count). The van der Waals surface area contributed by atoms with E-state index in [9.17, 15) is 29.6 Å². The fourth-order valence-electron chi connectivity index (χ4n) is 5.43. The van der Waals surface area contributed by atoms with Gasteiger partial charge < -0.3 is 34.7 Å². The van der Waals surface area contributed by atoms with E-state index >= 15 is 0 Å². The molecule has 47 heavy (non-hydrogen) atoms. The quantitative estimate of drug-likeness (QED) is 0.150. The largest absolute Gasteiger partial charge is 0.462 e. The molecule has 16 nitrogen and oxygen atoms in total. The second-order valence-electron chi connectivity index (χ2n) is 11.7. The molecule has 2 saturated carbocycles. The van der Waals surface area contributed by atoms with Gasteiger partial charge in [0.15, 0.2) is 5.82 Å². The molecule has 6 atom stereocenters. The number of esters is 2. The highest BCUT2D eigenvalue weighted by Gasteiger charge is 2.58. The lowest BCUT2D eigenvalue weighted by Crippen LogP contribution is -2.43. The van der Waals surface area contributed by atoms with Crippen LogP contribution in [0.4, 0.5) is 5.82 Å². The van der Waals surface area contributed by atoms with E-state index in [1.165, 1.54) is 28.8 Å². The Hall–Kier alpha value is -4.10. The number of carbonyl (C=O) groups excluding carboxylic acids is 2. The van der Waals surface area contributed by atoms with Crippen LogP contribution in [0.2, 0.25) is 0 Å². The number of anilines is 1. The highest BCUT2D eigenvalue weighted by atomic mass is 31.2. The van der Waals surface area contributed by atoms with Gasteiger partial charge in [0.05, 0.1) is 18.7 Å². The van der Waals surface area contributed by atoms with Crippen molar-refractivity contribution in [2.45, 2.75) is 87.1 Å². The molecule has 2 aliphatic carbocycles. The molecule has 0 amide bonds. The van der Waals surface area contributed by atoms with Crippen LogP contribution in [0.3, 0.4) is 0 Å². The molecule has 1 aliphatic heterocycles. The Balaban J connectivity index is 1.24. The minimum atomic E-state index is -4.58. The molecular formula is C30H35N6O10P. The Morgan fingerprint density at radius 2 is 1.83 bits per heavy atom. The number of hydrogen-bond donors (Lipinski definition) is 4. The van der Waals surface area contributed by atoms with Gasteiger partial charge in [0, 0.05) is 0 Å². The normalized spacial score (nSPS) is 26.4. The predicted octanol–water partition coefficient (Wildman–Crippen LogP) is 1.89. The summed E-state index contributed by atoms with van der Waals surface area (Å²) in [5, 5.41) is 39.0. The molecule has 3 aromatic rings. The van der Waals surface area contributed by atoms with E-state index in [1.807, 2.05) is 6.07 Å². The second kappa shape index (κ2) is 13.6. The number of ether oxygens (including phenoxy) is 3. The molecule has 3 fully saturated rings. The first-order chi connectivity index (χ1) is 22.6. The monoisotopic (exact) mass is 670 g/mol. The Morgan fingerprint density at radius 3 is 2.49 bits per heavy atom. The summed E-state index contributed by atoms with van der Waals surface area (Å²) in [6.45, 7) is -0.684. The fraction of sp³-hybridized carbons (Fsp3) is 0.500. The zero-order chi connectivity index (χ0) is 33.2. The number of hydrogen-bond acceptors (Lipinski definition) is 14. The summed E-state index contributed by atoms with van der Waals surface area (Å²) in [6.07, 6.45) is -0.300. The van der Waals surface area contributed by atoms with Crippen LogP contribution in [0.1, 0.15) is 50.6 Å². The molecule has 250 valence electrons. The third-order valence-corrected chi connectivity index (χ3v) is 10.1. The Labute approximate surface area is 269 Å². The van der Waals surface area contributed by atoms with Crippen molar-refractivity contribution in [1.82, 2.24) is 19.7 Å². The minimum absolute atomic E-state index is 0.0590. The summed E-state index contributed by atoms with van der Waals surface area (Å²) in [4.78, 5) is 29.9. The van der Waals surface area contributed by atoms with Gasteiger partial charge in [-0.05, 0) is 62.8 Å². The van der Waals surface area contributed by atoms with Crippen LogP contribution >= 0.6 is 7.75 Å². The van der Waals surface area contributed by atoms with E-state index < -0.39 is 62.7 Å². The summed E-state index contributed by atoms with van der Waals surface area (Å²) < 4.78 is 44.0. The zero-order valence-corrected chi connectivity index (χ0v) is 26.1. The maximum Gasteiger partial charge on any atom is 0.459 e. The predicted molar refractivity (Wildman–Crippen MR) is 161 cm³/mol. The number of aliphatic hydroxyl groups excluding tert-OH is 2. The van der Waals surface area contributed by atoms with E-state index in [0.717, 1.165) is 19.2 Å². The molecule has 1 aromatic carbocycles. The van der Waals surface area contributed by atoms with Crippen molar-refractivity contribution in [3.63, 3.8) is 0 Å². The third-order valence-electron chi connectivity index (χ3n) is 8.52. The molecule has 17 heteroatoms. The molecule has 0 bridgehead atoms. The van der Waals surface area contributed by atoms with Crippen LogP contribution in [-0.2, 0) is 38.5 Å². The van der Waals surface area contributed by atoms with Gasteiger partial charge in [-0.25, -0.2) is 14.1 Å². The average Bonchev–Trinajstić information content (AvgIpc) is 3.56. The van der Waals surface area contributed by atoms with Gasteiger partial charge in [0.25, 0.3) is 0 Å². The van der Waals surface area contributed by atoms with Crippen LogP contribution in [0.15, 0.2) is 48.8 Å². The van der Waals surface area contributed by atoms with E-state index in [4.69, 9.17) is 29.0 Å². The number of aliphatic hydroxyl groups is 2. The van der Waals surface area contributed by atoms with Crippen LogP contribution in [0.25, 0.3) is 5.52 Å². The van der Waals surface area contributed by atoms with E-state index in [0.29, 0.717) is 31.2 Å². The maximum atomic E-state index is 14.3. The molecular weight excluding hydrogens is 635 g/mol. The highest BCUT2D eigenvalue weighted by molar-refractivity contribution is 7.52. The minimum Gasteiger partial charge on any atom is -0.462 e. The van der Waals surface area contributed by atoms with Crippen molar-refractivity contribution in [2.24, 2.45) is 0 Å². The molecule has 3 heterocycles. The van der Waals surface area contributed by atoms with Gasteiger partial charge in [-0.15, -0.1) is 0 Å². The van der Waals surface area contributed by atoms with Gasteiger partial charge >= 0.3 is 19.7 Å². The van der Waals surface area contributed by atoms with Gasteiger partial charge in [0.2, 0.25) is 5.60 Å². The lowest BCUT2D eigenvalue weighted by atomic mass is 9.92. The van der Waals surface area contributed by atoms with Crippen LogP contribution in [0.5, 0.6) is 5.75 Å². The Morgan fingerprint density at radius 1 is 1.13 bits per heavy atom. The number of nitrogens with one attached hydrogen (secondary N) is 1. The van der Waals surface area contributed by atoms with Crippen molar-refractivity contribution < 1.29 is 47.6 Å². The van der Waals surface area contributed by atoms with Gasteiger partial charge in [0.1, 0.15) is 60.2 Å². The first kappa shape index (κ1) is 32.8. The lowest BCUT2D eigenvalue weighted by molar-refractivity contribution is -0.162. The first-order valence-electron chi connectivity index (χ1n) is 15.3. The standard InChI is InChI=1S/C30H35N6O10P/c31-16-30(24-13-12-22-28(32)33-17-34-36(22)24)27(39)26(38)23(45-30)15-42-47(41,46-20-6-2-1-3-7-20)35-21(29(40)44-19-10-5-11-19)14-25(37)43-18-8-4-9-18/h1-3,6-7,12-13,17-19,21,23,26-27,38-39H,4-5,8-11,14-15H2,(H,35,41)(H2,32,33,34)/t21-,23+,26+,27+,30-,47-/m0/s1. The van der Waals surface area contributed by atoms with Crippen LogP contribution in [-0.4, -0.2) is 79.9 Å². The number of carbonyl (C=O) groups is 2. The number of nitriles is 1. The average molecular weight is 671 g/mol. The highest BCUT2D eigenvalue weighted by Crippen LogP contribution is 2.47. The summed E-state index contributed by atoms with van der Waals surface area (Å²) in [5.41, 5.74) is 4.18. The summed E-state index contributed by atoms with van der Waals surface area (Å²) in [6, 6.07) is 11.4. The van der Waals surface area contributed by atoms with E-state index in [1.54, 1.807) is 18.2 Å². The lowest BCUT2D eigenvalue weighted by Gasteiger charge is -2.30. The first-order valence-corrected chi connectivity index (χ1v) is 16.9. The third kappa shape index (κ3) is 6.82. The summed E-state index contributed by atoms with van der Waals surface area (Å²) >= 11 is 0. The second-order valence-corrected chi connectivity index (χ2v) is 13.4. The Bertz CT molecular complexity index is 1690. The van der Waals surface area contributed by atoms with Crippen molar-refractivity contribution in [1.29, 1.82) is 5.26 Å². The van der Waals surface area contributed by atoms with Gasteiger partial charge in [-0.3, -0.25) is 14.1 Å². The summed E-state index contributed by atoms with van der Waals surface area (Å²) in [5.74, 6) is -1.32. The zero-order valence-electron chi connectivity index (χ0n) is 25.2. The van der Waals surface area contributed by atoms with Crippen molar-refractivity contribution in [3.8, 4) is 11.8 Å². The topological polar surface area (TPSA) is 230 Å². The van der Waals surface area contributed by atoms with Crippen LogP contribution in [0, 0.1) is 11.3 Å². The number of nitrogens with zero attached hydrogens (tertiary/aromatic N) is 4. The molecule has 5 N–H and O–H groups in total. The number of benzene rings is 1. The molecule has 0 radical (unpaired) electrons. The van der Waals surface area contributed by atoms with Crippen molar-refractivity contribution in [3.05, 3.63) is 54.5 Å².